The number of hydrogen-bond donors (Lipinski definition) is 2. The van der Waals surface area contributed by atoms with E-state index >= 15 is 0 Å². The maximum Gasteiger partial charge on any atom is 0.225 e. The highest BCUT2D eigenvalue weighted by molar-refractivity contribution is 6.32. The average molecular weight is 440 g/mol. The number of rotatable bonds is 4. The Morgan fingerprint density at radius 1 is 1.19 bits per heavy atom. The first-order valence-electron chi connectivity index (χ1n) is 10.0. The molecule has 0 radical (unpaired) electrons. The van der Waals surface area contributed by atoms with Gasteiger partial charge >= 0.3 is 0 Å². The molecule has 0 spiro atoms. The van der Waals surface area contributed by atoms with Crippen LogP contribution >= 0.6 is 11.6 Å². The number of piperazine rings is 1. The van der Waals surface area contributed by atoms with Crippen molar-refractivity contribution in [3.63, 3.8) is 0 Å². The zero-order valence-electron chi connectivity index (χ0n) is 17.4. The van der Waals surface area contributed by atoms with Gasteiger partial charge in [0.05, 0.1) is 29.8 Å². The highest BCUT2D eigenvalue weighted by Crippen LogP contribution is 2.36. The van der Waals surface area contributed by atoms with E-state index in [9.17, 15) is 0 Å². The largest absolute Gasteiger partial charge is 0.450 e. The molecule has 1 aliphatic heterocycles. The van der Waals surface area contributed by atoms with Crippen molar-refractivity contribution in [3.05, 3.63) is 35.5 Å². The monoisotopic (exact) mass is 439 g/mol. The molecule has 0 aromatic carbocycles. The summed E-state index contributed by atoms with van der Waals surface area (Å²) in [5.41, 5.74) is 2.86. The molecule has 0 amide bonds. The summed E-state index contributed by atoms with van der Waals surface area (Å²) < 4.78 is 7.80. The second-order valence-corrected chi connectivity index (χ2v) is 8.00. The number of anilines is 1. The molecule has 11 heteroatoms. The zero-order valence-corrected chi connectivity index (χ0v) is 18.2. The number of pyridine rings is 1. The van der Waals surface area contributed by atoms with E-state index < -0.39 is 0 Å². The molecule has 4 aromatic rings. The van der Waals surface area contributed by atoms with E-state index in [4.69, 9.17) is 16.3 Å². The SMILES string of the molecule is Cc1nn(C)cc1-c1nc2ncc(Cl)c(Oc3cnc(N4CCNC[C@@H]4C)nc3)c2[nH]1. The van der Waals surface area contributed by atoms with E-state index in [-0.39, 0.29) is 0 Å². The highest BCUT2D eigenvalue weighted by atomic mass is 35.5. The van der Waals surface area contributed by atoms with Gasteiger partial charge in [0, 0.05) is 38.9 Å². The normalized spacial score (nSPS) is 16.8. The fourth-order valence-corrected chi connectivity index (χ4v) is 3.92. The van der Waals surface area contributed by atoms with Crippen molar-refractivity contribution in [2.45, 2.75) is 19.9 Å². The molecule has 5 heterocycles. The van der Waals surface area contributed by atoms with Crippen molar-refractivity contribution in [2.24, 2.45) is 7.05 Å². The van der Waals surface area contributed by atoms with E-state index in [1.54, 1.807) is 17.1 Å². The lowest BCUT2D eigenvalue weighted by molar-refractivity contribution is 0.475. The number of nitrogens with one attached hydrogen (secondary N) is 2. The number of halogens is 1. The van der Waals surface area contributed by atoms with Crippen molar-refractivity contribution >= 4 is 28.7 Å². The summed E-state index contributed by atoms with van der Waals surface area (Å²) in [4.78, 5) is 23.3. The first-order chi connectivity index (χ1) is 15.0. The lowest BCUT2D eigenvalue weighted by Gasteiger charge is -2.33. The van der Waals surface area contributed by atoms with Crippen LogP contribution in [0.15, 0.2) is 24.8 Å². The van der Waals surface area contributed by atoms with Crippen LogP contribution in [0.1, 0.15) is 12.6 Å². The van der Waals surface area contributed by atoms with Crippen LogP contribution in [0.25, 0.3) is 22.6 Å². The van der Waals surface area contributed by atoms with Crippen molar-refractivity contribution in [3.8, 4) is 22.9 Å². The van der Waals surface area contributed by atoms with E-state index in [1.807, 2.05) is 20.2 Å². The minimum absolute atomic E-state index is 0.328. The third-order valence-electron chi connectivity index (χ3n) is 5.29. The van der Waals surface area contributed by atoms with Gasteiger partial charge in [-0.05, 0) is 13.8 Å². The Morgan fingerprint density at radius 3 is 2.71 bits per heavy atom. The predicted molar refractivity (Wildman–Crippen MR) is 118 cm³/mol. The Kier molecular flexibility index (Phi) is 4.95. The average Bonchev–Trinajstić information content (AvgIpc) is 3.33. The smallest absolute Gasteiger partial charge is 0.225 e. The lowest BCUT2D eigenvalue weighted by atomic mass is 10.2. The van der Waals surface area contributed by atoms with Crippen molar-refractivity contribution in [1.29, 1.82) is 0 Å². The topological polar surface area (TPSA) is 110 Å². The van der Waals surface area contributed by atoms with Crippen LogP contribution in [0.5, 0.6) is 11.5 Å². The molecule has 0 unspecified atom stereocenters. The number of aromatic nitrogens is 7. The third-order valence-corrected chi connectivity index (χ3v) is 5.56. The fourth-order valence-electron chi connectivity index (χ4n) is 3.74. The Labute approximate surface area is 183 Å². The quantitative estimate of drug-likeness (QED) is 0.499. The molecule has 0 saturated carbocycles. The number of aromatic amines is 1. The molecular formula is C20H22ClN9O. The van der Waals surface area contributed by atoms with Crippen LogP contribution < -0.4 is 15.0 Å². The molecule has 1 fully saturated rings. The molecule has 1 atom stereocenters. The Hall–Kier alpha value is -3.24. The molecular weight excluding hydrogens is 418 g/mol. The molecule has 160 valence electrons. The van der Waals surface area contributed by atoms with Crippen molar-refractivity contribution < 1.29 is 4.74 Å². The summed E-state index contributed by atoms with van der Waals surface area (Å²) in [6.45, 7) is 6.76. The minimum Gasteiger partial charge on any atom is -0.450 e. The van der Waals surface area contributed by atoms with Crippen molar-refractivity contribution in [1.82, 2.24) is 40.0 Å². The number of hydrogen-bond acceptors (Lipinski definition) is 8. The number of nitrogens with zero attached hydrogens (tertiary/aromatic N) is 7. The van der Waals surface area contributed by atoms with Gasteiger partial charge in [0.1, 0.15) is 16.4 Å². The minimum atomic E-state index is 0.328. The van der Waals surface area contributed by atoms with Gasteiger partial charge in [-0.3, -0.25) is 4.68 Å². The Balaban J connectivity index is 1.46. The van der Waals surface area contributed by atoms with Gasteiger partial charge in [-0.15, -0.1) is 0 Å². The number of fused-ring (bicyclic) bond motifs is 1. The maximum absolute atomic E-state index is 6.41. The molecule has 4 aromatic heterocycles. The van der Waals surface area contributed by atoms with Gasteiger partial charge in [0.2, 0.25) is 5.95 Å². The van der Waals surface area contributed by atoms with E-state index in [0.29, 0.717) is 45.5 Å². The van der Waals surface area contributed by atoms with Gasteiger partial charge in [0.25, 0.3) is 0 Å². The summed E-state index contributed by atoms with van der Waals surface area (Å²) in [6, 6.07) is 0.328. The summed E-state index contributed by atoms with van der Waals surface area (Å²) in [7, 11) is 1.87. The third kappa shape index (κ3) is 3.68. The first kappa shape index (κ1) is 19.7. The standard InChI is InChI=1S/C20H22ClN9O/c1-11-6-22-4-5-30(11)20-24-7-13(8-25-20)31-17-15(21)9-23-19-16(17)26-18(27-19)14-10-29(3)28-12(14)2/h7-11,22H,4-6H2,1-3H3,(H,23,26,27)/t11-/m0/s1. The van der Waals surface area contributed by atoms with Crippen LogP contribution in [-0.2, 0) is 7.05 Å². The second kappa shape index (κ2) is 7.78. The summed E-state index contributed by atoms with van der Waals surface area (Å²) in [5, 5.41) is 8.10. The summed E-state index contributed by atoms with van der Waals surface area (Å²) in [5.74, 6) is 2.25. The summed E-state index contributed by atoms with van der Waals surface area (Å²) >= 11 is 6.41. The number of aryl methyl sites for hydroxylation is 2. The molecule has 2 N–H and O–H groups in total. The molecule has 5 rings (SSSR count). The van der Waals surface area contributed by atoms with Crippen LogP contribution in [0.2, 0.25) is 5.02 Å². The van der Waals surface area contributed by atoms with Gasteiger partial charge < -0.3 is 19.9 Å². The van der Waals surface area contributed by atoms with E-state index in [1.165, 1.54) is 6.20 Å². The zero-order chi connectivity index (χ0) is 21.5. The van der Waals surface area contributed by atoms with Crippen LogP contribution in [0.4, 0.5) is 5.95 Å². The molecule has 10 nitrogen and oxygen atoms in total. The van der Waals surface area contributed by atoms with Gasteiger partial charge in [-0.2, -0.15) is 5.10 Å². The Bertz CT molecular complexity index is 1230. The molecule has 1 aliphatic rings. The number of H-pyrrole nitrogens is 1. The summed E-state index contributed by atoms with van der Waals surface area (Å²) in [6.07, 6.45) is 6.74. The predicted octanol–water partition coefficient (Wildman–Crippen LogP) is 2.70. The van der Waals surface area contributed by atoms with Crippen LogP contribution in [0, 0.1) is 6.92 Å². The molecule has 1 saturated heterocycles. The van der Waals surface area contributed by atoms with Crippen LogP contribution in [0.3, 0.4) is 0 Å². The molecule has 0 aliphatic carbocycles. The van der Waals surface area contributed by atoms with Crippen molar-refractivity contribution in [2.75, 3.05) is 24.5 Å². The van der Waals surface area contributed by atoms with Gasteiger partial charge in [-0.1, -0.05) is 11.6 Å². The Morgan fingerprint density at radius 2 is 2.00 bits per heavy atom. The van der Waals surface area contributed by atoms with Gasteiger partial charge in [-0.25, -0.2) is 19.9 Å². The molecule has 0 bridgehead atoms. The number of ether oxygens (including phenoxy) is 1. The lowest BCUT2D eigenvalue weighted by Crippen LogP contribution is -2.50. The fraction of sp³-hybridized carbons (Fsp3) is 0.350. The van der Waals surface area contributed by atoms with Gasteiger partial charge in [0.15, 0.2) is 17.1 Å². The van der Waals surface area contributed by atoms with Crippen LogP contribution in [-0.4, -0.2) is 60.4 Å². The second-order valence-electron chi connectivity index (χ2n) is 7.59. The number of imidazole rings is 1. The van der Waals surface area contributed by atoms with E-state index in [0.717, 1.165) is 30.9 Å². The molecule has 31 heavy (non-hydrogen) atoms. The maximum atomic E-state index is 6.41. The van der Waals surface area contributed by atoms with E-state index in [2.05, 4.69) is 47.2 Å². The highest BCUT2D eigenvalue weighted by Gasteiger charge is 2.21. The first-order valence-corrected chi connectivity index (χ1v) is 10.4.